The van der Waals surface area contributed by atoms with Crippen LogP contribution in [0.2, 0.25) is 5.02 Å². The van der Waals surface area contributed by atoms with Crippen LogP contribution in [0.4, 0.5) is 0 Å². The zero-order chi connectivity index (χ0) is 14.4. The van der Waals surface area contributed by atoms with E-state index in [9.17, 15) is 4.79 Å². The van der Waals surface area contributed by atoms with Gasteiger partial charge in [0.2, 0.25) is 0 Å². The van der Waals surface area contributed by atoms with Crippen LogP contribution in [0.5, 0.6) is 0 Å². The van der Waals surface area contributed by atoms with Gasteiger partial charge in [0.05, 0.1) is 10.6 Å². The Hall–Kier alpha value is -0.250. The first-order valence-electron chi connectivity index (χ1n) is 6.37. The Kier molecular flexibility index (Phi) is 7.19. The van der Waals surface area contributed by atoms with Gasteiger partial charge in [-0.2, -0.15) is 0 Å². The molecule has 0 aliphatic rings. The number of carbonyl (C=O) groups is 1. The van der Waals surface area contributed by atoms with Crippen LogP contribution in [0.25, 0.3) is 0 Å². The average molecular weight is 367 g/mol. The van der Waals surface area contributed by atoms with Gasteiger partial charge < -0.3 is 4.90 Å². The van der Waals surface area contributed by atoms with Crippen LogP contribution in [-0.4, -0.2) is 29.3 Å². The standard InChI is InChI=1S/C14H18BrCl2NO/c1-3-11(4-2)18(8-7-16)14(19)12-6-5-10(15)9-13(12)17/h5-6,9,11H,3-4,7-8H2,1-2H3. The van der Waals surface area contributed by atoms with E-state index in [0.717, 1.165) is 17.3 Å². The molecule has 0 aliphatic carbocycles. The zero-order valence-corrected chi connectivity index (χ0v) is 14.2. The number of amides is 1. The van der Waals surface area contributed by atoms with E-state index in [4.69, 9.17) is 23.2 Å². The van der Waals surface area contributed by atoms with E-state index in [1.54, 1.807) is 12.1 Å². The molecule has 0 saturated carbocycles. The summed E-state index contributed by atoms with van der Waals surface area (Å²) in [5.41, 5.74) is 0.530. The first-order valence-corrected chi connectivity index (χ1v) is 8.07. The van der Waals surface area contributed by atoms with Crippen LogP contribution in [0.15, 0.2) is 22.7 Å². The maximum atomic E-state index is 12.6. The molecule has 19 heavy (non-hydrogen) atoms. The molecule has 0 aromatic heterocycles. The van der Waals surface area contributed by atoms with Crippen molar-refractivity contribution in [1.82, 2.24) is 4.90 Å². The highest BCUT2D eigenvalue weighted by Gasteiger charge is 2.23. The molecule has 5 heteroatoms. The number of benzene rings is 1. The highest BCUT2D eigenvalue weighted by Crippen LogP contribution is 2.24. The predicted molar refractivity (Wildman–Crippen MR) is 85.3 cm³/mol. The van der Waals surface area contributed by atoms with Crippen LogP contribution >= 0.6 is 39.1 Å². The molecule has 0 heterocycles. The predicted octanol–water partition coefficient (Wildman–Crippen LogP) is 4.97. The van der Waals surface area contributed by atoms with Crippen molar-refractivity contribution >= 4 is 45.0 Å². The molecule has 0 fully saturated rings. The smallest absolute Gasteiger partial charge is 0.255 e. The topological polar surface area (TPSA) is 20.3 Å². The molecule has 1 amide bonds. The van der Waals surface area contributed by atoms with Crippen molar-refractivity contribution in [3.63, 3.8) is 0 Å². The first-order chi connectivity index (χ1) is 9.04. The Balaban J connectivity index is 3.04. The van der Waals surface area contributed by atoms with E-state index in [-0.39, 0.29) is 11.9 Å². The lowest BCUT2D eigenvalue weighted by atomic mass is 10.1. The van der Waals surface area contributed by atoms with Gasteiger partial charge in [0.1, 0.15) is 0 Å². The van der Waals surface area contributed by atoms with E-state index in [1.807, 2.05) is 11.0 Å². The van der Waals surface area contributed by atoms with Crippen molar-refractivity contribution in [3.8, 4) is 0 Å². The Bertz CT molecular complexity index is 435. The molecule has 2 nitrogen and oxygen atoms in total. The molecule has 0 spiro atoms. The quantitative estimate of drug-likeness (QED) is 0.650. The summed E-state index contributed by atoms with van der Waals surface area (Å²) in [7, 11) is 0. The fourth-order valence-electron chi connectivity index (χ4n) is 2.09. The van der Waals surface area contributed by atoms with Crippen molar-refractivity contribution in [2.45, 2.75) is 32.7 Å². The maximum absolute atomic E-state index is 12.6. The van der Waals surface area contributed by atoms with E-state index >= 15 is 0 Å². The average Bonchev–Trinajstić information content (AvgIpc) is 2.38. The molecule has 1 aromatic rings. The van der Waals surface area contributed by atoms with Gasteiger partial charge in [-0.05, 0) is 31.0 Å². The van der Waals surface area contributed by atoms with E-state index < -0.39 is 0 Å². The Morgan fingerprint density at radius 2 is 2.00 bits per heavy atom. The van der Waals surface area contributed by atoms with Gasteiger partial charge in [0.25, 0.3) is 5.91 Å². The number of carbonyl (C=O) groups excluding carboxylic acids is 1. The van der Waals surface area contributed by atoms with Crippen LogP contribution in [0.3, 0.4) is 0 Å². The van der Waals surface area contributed by atoms with E-state index in [2.05, 4.69) is 29.8 Å². The van der Waals surface area contributed by atoms with Crippen molar-refractivity contribution in [2.24, 2.45) is 0 Å². The lowest BCUT2D eigenvalue weighted by Crippen LogP contribution is -2.41. The minimum atomic E-state index is -0.0492. The third kappa shape index (κ3) is 4.37. The number of hydrogen-bond donors (Lipinski definition) is 0. The van der Waals surface area contributed by atoms with E-state index in [1.165, 1.54) is 0 Å². The summed E-state index contributed by atoms with van der Waals surface area (Å²) in [6, 6.07) is 5.51. The second-order valence-electron chi connectivity index (χ2n) is 4.28. The largest absolute Gasteiger partial charge is 0.334 e. The SMILES string of the molecule is CCC(CC)N(CCCl)C(=O)c1ccc(Br)cc1Cl. The summed E-state index contributed by atoms with van der Waals surface area (Å²) in [5.74, 6) is 0.378. The Morgan fingerprint density at radius 3 is 2.47 bits per heavy atom. The number of rotatable bonds is 6. The highest BCUT2D eigenvalue weighted by atomic mass is 79.9. The van der Waals surface area contributed by atoms with Crippen molar-refractivity contribution in [1.29, 1.82) is 0 Å². The van der Waals surface area contributed by atoms with Crippen LogP contribution in [0.1, 0.15) is 37.0 Å². The summed E-state index contributed by atoms with van der Waals surface area (Å²) in [5, 5.41) is 0.463. The Labute approximate surface area is 133 Å². The highest BCUT2D eigenvalue weighted by molar-refractivity contribution is 9.10. The normalized spacial score (nSPS) is 10.8. The molecular weight excluding hydrogens is 349 g/mol. The third-order valence-corrected chi connectivity index (χ3v) is 4.11. The van der Waals surface area contributed by atoms with Crippen molar-refractivity contribution in [2.75, 3.05) is 12.4 Å². The second kappa shape index (κ2) is 8.13. The lowest BCUT2D eigenvalue weighted by Gasteiger charge is -2.30. The van der Waals surface area contributed by atoms with Gasteiger partial charge in [-0.25, -0.2) is 0 Å². The van der Waals surface area contributed by atoms with Crippen LogP contribution in [0, 0.1) is 0 Å². The Morgan fingerprint density at radius 1 is 1.37 bits per heavy atom. The third-order valence-electron chi connectivity index (χ3n) is 3.13. The van der Waals surface area contributed by atoms with Gasteiger partial charge in [0, 0.05) is 22.9 Å². The molecule has 0 radical (unpaired) electrons. The molecule has 1 rings (SSSR count). The molecule has 0 saturated heterocycles. The summed E-state index contributed by atoms with van der Waals surface area (Å²) in [4.78, 5) is 14.4. The fourth-order valence-corrected chi connectivity index (χ4v) is 3.02. The van der Waals surface area contributed by atoms with Gasteiger partial charge in [0.15, 0.2) is 0 Å². The maximum Gasteiger partial charge on any atom is 0.255 e. The summed E-state index contributed by atoms with van der Waals surface area (Å²) >= 11 is 15.3. The molecule has 0 atom stereocenters. The lowest BCUT2D eigenvalue weighted by molar-refractivity contribution is 0.0682. The summed E-state index contributed by atoms with van der Waals surface area (Å²) in [6.07, 6.45) is 1.82. The van der Waals surface area contributed by atoms with Gasteiger partial charge >= 0.3 is 0 Å². The zero-order valence-electron chi connectivity index (χ0n) is 11.1. The molecular formula is C14H18BrCl2NO. The summed E-state index contributed by atoms with van der Waals surface area (Å²) in [6.45, 7) is 4.69. The van der Waals surface area contributed by atoms with E-state index in [0.29, 0.717) is 23.0 Å². The minimum Gasteiger partial charge on any atom is -0.334 e. The number of hydrogen-bond acceptors (Lipinski definition) is 1. The van der Waals surface area contributed by atoms with Crippen LogP contribution < -0.4 is 0 Å². The van der Waals surface area contributed by atoms with Crippen molar-refractivity contribution < 1.29 is 4.79 Å². The molecule has 0 aliphatic heterocycles. The van der Waals surface area contributed by atoms with Crippen LogP contribution in [-0.2, 0) is 0 Å². The van der Waals surface area contributed by atoms with Gasteiger partial charge in [-0.3, -0.25) is 4.79 Å². The number of alkyl halides is 1. The number of nitrogens with zero attached hydrogens (tertiary/aromatic N) is 1. The molecule has 0 N–H and O–H groups in total. The van der Waals surface area contributed by atoms with Gasteiger partial charge in [-0.15, -0.1) is 11.6 Å². The molecule has 1 aromatic carbocycles. The monoisotopic (exact) mass is 365 g/mol. The molecule has 0 bridgehead atoms. The minimum absolute atomic E-state index is 0.0492. The first kappa shape index (κ1) is 16.8. The van der Waals surface area contributed by atoms with Gasteiger partial charge in [-0.1, -0.05) is 41.4 Å². The summed E-state index contributed by atoms with van der Waals surface area (Å²) < 4.78 is 0.862. The fraction of sp³-hybridized carbons (Fsp3) is 0.500. The molecule has 0 unspecified atom stereocenters. The number of halogens is 3. The van der Waals surface area contributed by atoms with Crippen molar-refractivity contribution in [3.05, 3.63) is 33.3 Å². The molecule has 106 valence electrons. The second-order valence-corrected chi connectivity index (χ2v) is 5.98.